The molecule has 5 heteroatoms. The van der Waals surface area contributed by atoms with Gasteiger partial charge in [0.15, 0.2) is 0 Å². The molecule has 4 fully saturated rings. The molecule has 1 heterocycles. The molecule has 0 spiro atoms. The maximum Gasteiger partial charge on any atom is 0.227 e. The molecule has 1 aliphatic heterocycles. The van der Waals surface area contributed by atoms with Crippen molar-refractivity contribution in [2.75, 3.05) is 18.1 Å². The minimum absolute atomic E-state index is 0.00255. The number of benzene rings is 1. The Morgan fingerprint density at radius 3 is 2.47 bits per heavy atom. The predicted molar refractivity (Wildman–Crippen MR) is 116 cm³/mol. The number of ether oxygens (including phenoxy) is 1. The maximum absolute atomic E-state index is 12.9. The first-order valence-electron chi connectivity index (χ1n) is 11.7. The van der Waals surface area contributed by atoms with E-state index in [0.717, 1.165) is 34.8 Å². The summed E-state index contributed by atoms with van der Waals surface area (Å²) < 4.78 is 5.68. The normalized spacial score (nSPS) is 32.3. The van der Waals surface area contributed by atoms with Gasteiger partial charge in [0.05, 0.1) is 12.2 Å². The number of fused-ring (bicyclic) bond motifs is 1. The first-order valence-corrected chi connectivity index (χ1v) is 11.7. The zero-order valence-corrected chi connectivity index (χ0v) is 18.3. The number of aryl methyl sites for hydroxylation is 1. The third-order valence-electron chi connectivity index (χ3n) is 8.23. The van der Waals surface area contributed by atoms with E-state index in [2.05, 4.69) is 12.2 Å². The maximum atomic E-state index is 12.9. The predicted octanol–water partition coefficient (Wildman–Crippen LogP) is 4.22. The van der Waals surface area contributed by atoms with E-state index in [4.69, 9.17) is 4.74 Å². The van der Waals surface area contributed by atoms with Gasteiger partial charge in [0.1, 0.15) is 12.4 Å². The van der Waals surface area contributed by atoms with Gasteiger partial charge in [0.2, 0.25) is 11.8 Å². The van der Waals surface area contributed by atoms with E-state index >= 15 is 0 Å². The fourth-order valence-corrected chi connectivity index (χ4v) is 7.12. The topological polar surface area (TPSA) is 58.6 Å². The van der Waals surface area contributed by atoms with Crippen LogP contribution in [-0.4, -0.2) is 31.0 Å². The van der Waals surface area contributed by atoms with Crippen LogP contribution in [0.5, 0.6) is 5.75 Å². The lowest BCUT2D eigenvalue weighted by Crippen LogP contribution is -2.55. The number of hydrogen-bond acceptors (Lipinski definition) is 3. The summed E-state index contributed by atoms with van der Waals surface area (Å²) in [5.41, 5.74) is 2.22. The zero-order valence-electron chi connectivity index (χ0n) is 18.3. The lowest BCUT2D eigenvalue weighted by Gasteiger charge is -2.59. The molecule has 4 bridgehead atoms. The second kappa shape index (κ2) is 7.58. The van der Waals surface area contributed by atoms with Crippen LogP contribution in [0.1, 0.15) is 63.9 Å². The number of hydrogen-bond donors (Lipinski definition) is 1. The molecule has 1 N–H and O–H groups in total. The van der Waals surface area contributed by atoms with E-state index in [1.165, 1.54) is 38.5 Å². The molecule has 5 nitrogen and oxygen atoms in total. The summed E-state index contributed by atoms with van der Waals surface area (Å²) in [6, 6.07) is 6.11. The van der Waals surface area contributed by atoms with Crippen molar-refractivity contribution in [2.45, 2.75) is 71.3 Å². The Bertz CT molecular complexity index is 814. The van der Waals surface area contributed by atoms with Gasteiger partial charge < -0.3 is 15.0 Å². The van der Waals surface area contributed by atoms with Gasteiger partial charge in [-0.1, -0.05) is 6.07 Å². The summed E-state index contributed by atoms with van der Waals surface area (Å²) in [4.78, 5) is 27.4. The zero-order chi connectivity index (χ0) is 20.9. The van der Waals surface area contributed by atoms with Gasteiger partial charge in [-0.25, -0.2) is 0 Å². The van der Waals surface area contributed by atoms with Crippen LogP contribution in [0.2, 0.25) is 0 Å². The SMILES string of the molecule is Cc1ccc2c(c1)N(C(=O)CCC(=O)N[C@@H](C)C13CC4CC(CC(C4)C1)C3)CCO2. The summed E-state index contributed by atoms with van der Waals surface area (Å²) in [7, 11) is 0. The number of nitrogens with one attached hydrogen (secondary N) is 1. The number of carbonyl (C=O) groups excluding carboxylic acids is 2. The minimum Gasteiger partial charge on any atom is -0.490 e. The summed E-state index contributed by atoms with van der Waals surface area (Å²) in [5.74, 6) is 3.40. The fourth-order valence-electron chi connectivity index (χ4n) is 7.12. The third-order valence-corrected chi connectivity index (χ3v) is 8.23. The molecule has 0 saturated heterocycles. The van der Waals surface area contributed by atoms with Crippen molar-refractivity contribution in [1.29, 1.82) is 0 Å². The Kier molecular flexibility index (Phi) is 5.03. The molecule has 5 aliphatic rings. The molecule has 4 aliphatic carbocycles. The molecule has 162 valence electrons. The standard InChI is InChI=1S/C25H34N2O3/c1-16-3-4-22-21(9-16)27(7-8-30-22)24(29)6-5-23(28)26-17(2)25-13-18-10-19(14-25)12-20(11-18)15-25/h3-4,9,17-20H,5-8,10-15H2,1-2H3,(H,26,28)/t17-,18?,19?,20?,25?/m0/s1. The van der Waals surface area contributed by atoms with Crippen molar-refractivity contribution < 1.29 is 14.3 Å². The van der Waals surface area contributed by atoms with Crippen molar-refractivity contribution in [2.24, 2.45) is 23.2 Å². The molecule has 30 heavy (non-hydrogen) atoms. The highest BCUT2D eigenvalue weighted by Gasteiger charge is 2.53. The van der Waals surface area contributed by atoms with E-state index in [1.54, 1.807) is 4.90 Å². The molecule has 6 rings (SSSR count). The molecule has 0 unspecified atom stereocenters. The Morgan fingerprint density at radius 1 is 1.13 bits per heavy atom. The van der Waals surface area contributed by atoms with Gasteiger partial charge in [-0.15, -0.1) is 0 Å². The highest BCUT2D eigenvalue weighted by Crippen LogP contribution is 2.61. The highest BCUT2D eigenvalue weighted by molar-refractivity contribution is 5.97. The monoisotopic (exact) mass is 410 g/mol. The van der Waals surface area contributed by atoms with Crippen LogP contribution >= 0.6 is 0 Å². The number of nitrogens with zero attached hydrogens (tertiary/aromatic N) is 1. The first kappa shape index (κ1) is 19.9. The summed E-state index contributed by atoms with van der Waals surface area (Å²) in [6.07, 6.45) is 8.58. The smallest absolute Gasteiger partial charge is 0.227 e. The van der Waals surface area contributed by atoms with Crippen molar-refractivity contribution in [3.8, 4) is 5.75 Å². The van der Waals surface area contributed by atoms with E-state index in [0.29, 0.717) is 18.6 Å². The quantitative estimate of drug-likeness (QED) is 0.791. The lowest BCUT2D eigenvalue weighted by atomic mass is 9.48. The van der Waals surface area contributed by atoms with Crippen LogP contribution in [0.3, 0.4) is 0 Å². The molecular weight excluding hydrogens is 376 g/mol. The molecule has 2 amide bonds. The molecule has 1 atom stereocenters. The Morgan fingerprint density at radius 2 is 1.80 bits per heavy atom. The average molecular weight is 411 g/mol. The van der Waals surface area contributed by atoms with E-state index in [1.807, 2.05) is 25.1 Å². The van der Waals surface area contributed by atoms with Gasteiger partial charge in [-0.3, -0.25) is 9.59 Å². The van der Waals surface area contributed by atoms with Crippen LogP contribution in [0.4, 0.5) is 5.69 Å². The average Bonchev–Trinajstić information content (AvgIpc) is 2.70. The molecule has 0 aromatic heterocycles. The Balaban J connectivity index is 1.17. The molecule has 0 radical (unpaired) electrons. The van der Waals surface area contributed by atoms with Gasteiger partial charge in [0, 0.05) is 18.9 Å². The molecule has 1 aromatic rings. The van der Waals surface area contributed by atoms with Crippen molar-refractivity contribution in [1.82, 2.24) is 5.32 Å². The van der Waals surface area contributed by atoms with Gasteiger partial charge in [-0.2, -0.15) is 0 Å². The number of rotatable bonds is 5. The highest BCUT2D eigenvalue weighted by atomic mass is 16.5. The first-order chi connectivity index (χ1) is 14.4. The van der Waals surface area contributed by atoms with E-state index in [9.17, 15) is 9.59 Å². The summed E-state index contributed by atoms with van der Waals surface area (Å²) in [5, 5.41) is 3.29. The third kappa shape index (κ3) is 3.61. The number of amides is 2. The molecule has 1 aromatic carbocycles. The van der Waals surface area contributed by atoms with Crippen molar-refractivity contribution >= 4 is 17.5 Å². The second-order valence-corrected chi connectivity index (χ2v) is 10.4. The fraction of sp³-hybridized carbons (Fsp3) is 0.680. The molecule has 4 saturated carbocycles. The number of anilines is 1. The largest absolute Gasteiger partial charge is 0.490 e. The van der Waals surface area contributed by atoms with E-state index < -0.39 is 0 Å². The van der Waals surface area contributed by atoms with Crippen molar-refractivity contribution in [3.05, 3.63) is 23.8 Å². The van der Waals surface area contributed by atoms with Crippen LogP contribution in [0.15, 0.2) is 18.2 Å². The summed E-state index contributed by atoms with van der Waals surface area (Å²) >= 11 is 0. The van der Waals surface area contributed by atoms with Crippen LogP contribution in [0.25, 0.3) is 0 Å². The Hall–Kier alpha value is -2.04. The summed E-state index contributed by atoms with van der Waals surface area (Å²) in [6.45, 7) is 5.25. The minimum atomic E-state index is 0.00255. The molecular formula is C25H34N2O3. The lowest BCUT2D eigenvalue weighted by molar-refractivity contribution is -0.128. The van der Waals surface area contributed by atoms with Crippen LogP contribution in [-0.2, 0) is 9.59 Å². The van der Waals surface area contributed by atoms with Gasteiger partial charge in [-0.05, 0) is 93.2 Å². The second-order valence-electron chi connectivity index (χ2n) is 10.4. The van der Waals surface area contributed by atoms with Crippen LogP contribution < -0.4 is 15.0 Å². The van der Waals surface area contributed by atoms with Crippen molar-refractivity contribution in [3.63, 3.8) is 0 Å². The van der Waals surface area contributed by atoms with Gasteiger partial charge in [0.25, 0.3) is 0 Å². The van der Waals surface area contributed by atoms with Gasteiger partial charge >= 0.3 is 0 Å². The number of carbonyl (C=O) groups is 2. The van der Waals surface area contributed by atoms with E-state index in [-0.39, 0.29) is 30.7 Å². The Labute approximate surface area is 179 Å². The van der Waals surface area contributed by atoms with Crippen LogP contribution in [0, 0.1) is 30.1 Å².